The van der Waals surface area contributed by atoms with E-state index in [-0.39, 0.29) is 23.6 Å². The minimum atomic E-state index is -4.48. The van der Waals surface area contributed by atoms with Crippen LogP contribution in [0.25, 0.3) is 5.65 Å². The van der Waals surface area contributed by atoms with E-state index in [1.807, 2.05) is 11.9 Å². The molecule has 3 aromatic rings. The Labute approximate surface area is 164 Å². The van der Waals surface area contributed by atoms with Gasteiger partial charge in [0.1, 0.15) is 17.2 Å². The van der Waals surface area contributed by atoms with Gasteiger partial charge in [0.15, 0.2) is 5.69 Å². The van der Waals surface area contributed by atoms with E-state index in [0.717, 1.165) is 31.9 Å². The summed E-state index contributed by atoms with van der Waals surface area (Å²) in [4.78, 5) is 17.8. The molecule has 1 saturated carbocycles. The number of hydrogen-bond acceptors (Lipinski definition) is 5. The first kappa shape index (κ1) is 19.2. The van der Waals surface area contributed by atoms with Gasteiger partial charge in [-0.25, -0.2) is 4.98 Å². The number of pyridine rings is 1. The van der Waals surface area contributed by atoms with Gasteiger partial charge in [0, 0.05) is 25.3 Å². The highest BCUT2D eigenvalue weighted by atomic mass is 19.4. The van der Waals surface area contributed by atoms with Gasteiger partial charge in [-0.3, -0.25) is 14.3 Å². The van der Waals surface area contributed by atoms with Crippen molar-refractivity contribution in [3.63, 3.8) is 0 Å². The number of fused-ring (bicyclic) bond motifs is 1. The zero-order chi connectivity index (χ0) is 20.6. The van der Waals surface area contributed by atoms with E-state index in [1.54, 1.807) is 18.2 Å². The molecular weight excluding hydrogens is 387 g/mol. The zero-order valence-corrected chi connectivity index (χ0v) is 15.6. The van der Waals surface area contributed by atoms with E-state index in [4.69, 9.17) is 0 Å². The summed E-state index contributed by atoms with van der Waals surface area (Å²) in [5, 5.41) is 12.6. The molecule has 1 amide bonds. The highest BCUT2D eigenvalue weighted by molar-refractivity contribution is 5.92. The quantitative estimate of drug-likeness (QED) is 0.694. The molecule has 0 atom stereocenters. The molecule has 29 heavy (non-hydrogen) atoms. The number of H-pyrrole nitrogens is 1. The SMILES string of the molecule is CN(c1cccc2nc(C(F)(F)F)cn12)[C@H]1CC[C@@H](NC(=O)c2cnn[nH]2)CC1. The van der Waals surface area contributed by atoms with E-state index >= 15 is 0 Å². The van der Waals surface area contributed by atoms with Gasteiger partial charge in [0.05, 0.1) is 6.20 Å². The van der Waals surface area contributed by atoms with Crippen molar-refractivity contribution < 1.29 is 18.0 Å². The summed E-state index contributed by atoms with van der Waals surface area (Å²) in [5.74, 6) is 0.413. The minimum absolute atomic E-state index is 0.0383. The van der Waals surface area contributed by atoms with Crippen LogP contribution in [-0.2, 0) is 6.18 Å². The fourth-order valence-electron chi connectivity index (χ4n) is 3.79. The van der Waals surface area contributed by atoms with Crippen molar-refractivity contribution in [3.05, 3.63) is 42.0 Å². The lowest BCUT2D eigenvalue weighted by atomic mass is 9.90. The maximum Gasteiger partial charge on any atom is 0.434 e. The maximum atomic E-state index is 13.0. The average Bonchev–Trinajstić information content (AvgIpc) is 3.37. The second-order valence-electron chi connectivity index (χ2n) is 7.20. The lowest BCUT2D eigenvalue weighted by Crippen LogP contribution is -2.43. The summed E-state index contributed by atoms with van der Waals surface area (Å²) in [6.45, 7) is 0. The first-order chi connectivity index (χ1) is 13.8. The largest absolute Gasteiger partial charge is 0.434 e. The third-order valence-corrected chi connectivity index (χ3v) is 5.36. The summed E-state index contributed by atoms with van der Waals surface area (Å²) in [6.07, 6.45) is 1.08. The zero-order valence-electron chi connectivity index (χ0n) is 15.6. The van der Waals surface area contributed by atoms with Crippen LogP contribution in [0.1, 0.15) is 41.9 Å². The van der Waals surface area contributed by atoms with E-state index < -0.39 is 11.9 Å². The lowest BCUT2D eigenvalue weighted by Gasteiger charge is -2.36. The number of amides is 1. The van der Waals surface area contributed by atoms with Gasteiger partial charge in [-0.2, -0.15) is 13.2 Å². The van der Waals surface area contributed by atoms with Gasteiger partial charge in [0.25, 0.3) is 5.91 Å². The van der Waals surface area contributed by atoms with Crippen molar-refractivity contribution >= 4 is 17.4 Å². The molecule has 1 aliphatic rings. The Bertz CT molecular complexity index is 991. The smallest absolute Gasteiger partial charge is 0.358 e. The lowest BCUT2D eigenvalue weighted by molar-refractivity contribution is -0.140. The van der Waals surface area contributed by atoms with Crippen molar-refractivity contribution in [1.29, 1.82) is 0 Å². The van der Waals surface area contributed by atoms with Gasteiger partial charge < -0.3 is 10.2 Å². The standard InChI is InChI=1S/C18H20F3N7O/c1-27(16-4-2-3-15-24-14(10-28(15)16)18(19,20)21)12-7-5-11(6-8-12)23-17(29)13-9-22-26-25-13/h2-4,9-12H,5-8H2,1H3,(H,23,29)(H,22,25,26)/t11-,12+. The number of nitrogens with zero attached hydrogens (tertiary/aromatic N) is 5. The van der Waals surface area contributed by atoms with Gasteiger partial charge >= 0.3 is 6.18 Å². The van der Waals surface area contributed by atoms with Crippen LogP contribution in [0.4, 0.5) is 19.0 Å². The number of rotatable bonds is 4. The van der Waals surface area contributed by atoms with Crippen LogP contribution in [-0.4, -0.2) is 49.8 Å². The Balaban J connectivity index is 1.44. The molecule has 1 fully saturated rings. The number of alkyl halides is 3. The normalized spacial score (nSPS) is 20.0. The fraction of sp³-hybridized carbons (Fsp3) is 0.444. The van der Waals surface area contributed by atoms with Crippen LogP contribution in [0, 0.1) is 0 Å². The Morgan fingerprint density at radius 2 is 2.03 bits per heavy atom. The topological polar surface area (TPSA) is 91.2 Å². The molecule has 154 valence electrons. The first-order valence-electron chi connectivity index (χ1n) is 9.28. The van der Waals surface area contributed by atoms with Crippen molar-refractivity contribution in [2.75, 3.05) is 11.9 Å². The molecule has 0 unspecified atom stereocenters. The van der Waals surface area contributed by atoms with Crippen LogP contribution < -0.4 is 10.2 Å². The van der Waals surface area contributed by atoms with Crippen LogP contribution in [0.2, 0.25) is 0 Å². The summed E-state index contributed by atoms with van der Waals surface area (Å²) < 4.78 is 40.6. The molecule has 0 radical (unpaired) electrons. The van der Waals surface area contributed by atoms with Crippen LogP contribution in [0.5, 0.6) is 0 Å². The van der Waals surface area contributed by atoms with Gasteiger partial charge in [-0.05, 0) is 37.8 Å². The summed E-state index contributed by atoms with van der Waals surface area (Å²) in [6, 6.07) is 5.24. The van der Waals surface area contributed by atoms with Crippen LogP contribution in [0.3, 0.4) is 0 Å². The summed E-state index contributed by atoms with van der Waals surface area (Å²) in [5.41, 5.74) is -0.328. The molecule has 4 rings (SSSR count). The molecule has 0 aliphatic heterocycles. The van der Waals surface area contributed by atoms with E-state index in [0.29, 0.717) is 11.5 Å². The molecule has 0 saturated heterocycles. The van der Waals surface area contributed by atoms with Gasteiger partial charge in [-0.1, -0.05) is 11.3 Å². The van der Waals surface area contributed by atoms with E-state index in [9.17, 15) is 18.0 Å². The minimum Gasteiger partial charge on any atom is -0.358 e. The Morgan fingerprint density at radius 3 is 2.69 bits per heavy atom. The number of aromatic nitrogens is 5. The average molecular weight is 407 g/mol. The van der Waals surface area contributed by atoms with Crippen molar-refractivity contribution in [2.24, 2.45) is 0 Å². The second-order valence-corrected chi connectivity index (χ2v) is 7.20. The maximum absolute atomic E-state index is 13.0. The Kier molecular flexibility index (Phi) is 4.89. The number of anilines is 1. The molecule has 3 aromatic heterocycles. The van der Waals surface area contributed by atoms with E-state index in [2.05, 4.69) is 25.7 Å². The monoisotopic (exact) mass is 407 g/mol. The number of hydrogen-bond donors (Lipinski definition) is 2. The molecule has 3 heterocycles. The third-order valence-electron chi connectivity index (χ3n) is 5.36. The van der Waals surface area contributed by atoms with Gasteiger partial charge in [-0.15, -0.1) is 5.10 Å². The van der Waals surface area contributed by atoms with E-state index in [1.165, 1.54) is 10.6 Å². The molecule has 0 aromatic carbocycles. The number of halogens is 3. The molecule has 0 bridgehead atoms. The molecule has 8 nitrogen and oxygen atoms in total. The fourth-order valence-corrected chi connectivity index (χ4v) is 3.79. The highest BCUT2D eigenvalue weighted by Gasteiger charge is 2.34. The predicted molar refractivity (Wildman–Crippen MR) is 98.5 cm³/mol. The molecule has 11 heteroatoms. The summed E-state index contributed by atoms with van der Waals surface area (Å²) in [7, 11) is 1.88. The van der Waals surface area contributed by atoms with Crippen molar-refractivity contribution in [1.82, 2.24) is 30.1 Å². The van der Waals surface area contributed by atoms with Crippen molar-refractivity contribution in [2.45, 2.75) is 43.9 Å². The summed E-state index contributed by atoms with van der Waals surface area (Å²) >= 11 is 0. The third kappa shape index (κ3) is 3.89. The number of aromatic amines is 1. The van der Waals surface area contributed by atoms with Crippen molar-refractivity contribution in [3.8, 4) is 0 Å². The van der Waals surface area contributed by atoms with Crippen LogP contribution in [0.15, 0.2) is 30.6 Å². The molecule has 1 aliphatic carbocycles. The molecule has 0 spiro atoms. The number of carbonyl (C=O) groups is 1. The molecular formula is C18H20F3N7O. The predicted octanol–water partition coefficient (Wildman–Crippen LogP) is 2.65. The molecule has 2 N–H and O–H groups in total. The highest BCUT2D eigenvalue weighted by Crippen LogP contribution is 2.31. The Morgan fingerprint density at radius 1 is 1.28 bits per heavy atom. The van der Waals surface area contributed by atoms with Crippen LogP contribution >= 0.6 is 0 Å². The number of imidazole rings is 1. The number of nitrogens with one attached hydrogen (secondary N) is 2. The second kappa shape index (κ2) is 7.37. The van der Waals surface area contributed by atoms with Gasteiger partial charge in [0.2, 0.25) is 0 Å². The first-order valence-corrected chi connectivity index (χ1v) is 9.28. The number of carbonyl (C=O) groups excluding carboxylic acids is 1. The Hall–Kier alpha value is -3.11.